The summed E-state index contributed by atoms with van der Waals surface area (Å²) >= 11 is 0.855. The Morgan fingerprint density at radius 2 is 2.10 bits per heavy atom. The van der Waals surface area contributed by atoms with Crippen molar-refractivity contribution in [3.05, 3.63) is 57.8 Å². The number of carbonyl (C=O) groups is 2. The molecule has 4 heterocycles. The Bertz CT molecular complexity index is 1300. The molecule has 158 valence electrons. The number of anilines is 1. The molecule has 3 aliphatic heterocycles. The smallest absolute Gasteiger partial charge is 0.282 e. The summed E-state index contributed by atoms with van der Waals surface area (Å²) in [4.78, 5) is 32.6. The molecule has 0 aliphatic carbocycles. The number of hydrogen-bond acceptors (Lipinski definition) is 7. The lowest BCUT2D eigenvalue weighted by atomic mass is 9.96. The number of sulfonamides is 1. The van der Waals surface area contributed by atoms with Crippen LogP contribution in [0.25, 0.3) is 6.08 Å². The zero-order valence-electron chi connectivity index (χ0n) is 16.5. The van der Waals surface area contributed by atoms with Gasteiger partial charge in [0.25, 0.3) is 11.1 Å². The van der Waals surface area contributed by atoms with Gasteiger partial charge in [0.05, 0.1) is 33.9 Å². The molecule has 0 bridgehead atoms. The molecular weight excluding hydrogens is 436 g/mol. The number of benzene rings is 1. The maximum atomic E-state index is 12.1. The van der Waals surface area contributed by atoms with Gasteiger partial charge in [0.2, 0.25) is 10.0 Å². The number of imide groups is 1. The van der Waals surface area contributed by atoms with E-state index in [-0.39, 0.29) is 5.92 Å². The van der Waals surface area contributed by atoms with Crippen molar-refractivity contribution < 1.29 is 18.0 Å². The molecule has 1 unspecified atom stereocenters. The van der Waals surface area contributed by atoms with Gasteiger partial charge in [-0.2, -0.15) is 0 Å². The molecule has 1 saturated heterocycles. The van der Waals surface area contributed by atoms with Crippen molar-refractivity contribution in [2.75, 3.05) is 17.1 Å². The number of aromatic nitrogens is 1. The van der Waals surface area contributed by atoms with Crippen LogP contribution in [0.5, 0.6) is 0 Å². The molecule has 1 aromatic heterocycles. The van der Waals surface area contributed by atoms with E-state index in [2.05, 4.69) is 15.3 Å². The predicted octanol–water partition coefficient (Wildman–Crippen LogP) is 2.77. The van der Waals surface area contributed by atoms with Crippen molar-refractivity contribution in [3.8, 4) is 0 Å². The zero-order valence-corrected chi connectivity index (χ0v) is 18.2. The zero-order chi connectivity index (χ0) is 21.8. The van der Waals surface area contributed by atoms with Crippen molar-refractivity contribution in [2.24, 2.45) is 4.99 Å². The standard InChI is InChI=1S/C21H18N4O4S2/c1-31(28,29)25-7-6-13-3-2-12(9-17(13)25)8-14-11-22-16-5-4-15(23-19(14)16)10-18-20(26)24-21(27)30-18/h2-5,9-11,14H,6-8H2,1H3,(H,24,26,27)/b18-10-. The van der Waals surface area contributed by atoms with Crippen LogP contribution in [0.4, 0.5) is 16.2 Å². The first-order valence-corrected chi connectivity index (χ1v) is 12.3. The van der Waals surface area contributed by atoms with E-state index < -0.39 is 21.2 Å². The highest BCUT2D eigenvalue weighted by molar-refractivity contribution is 8.18. The van der Waals surface area contributed by atoms with E-state index in [4.69, 9.17) is 0 Å². The van der Waals surface area contributed by atoms with Crippen molar-refractivity contribution in [3.63, 3.8) is 0 Å². The summed E-state index contributed by atoms with van der Waals surface area (Å²) in [7, 11) is -3.30. The molecule has 31 heavy (non-hydrogen) atoms. The number of amides is 2. The van der Waals surface area contributed by atoms with Crippen LogP contribution in [0.1, 0.15) is 28.4 Å². The van der Waals surface area contributed by atoms with E-state index in [0.717, 1.165) is 40.0 Å². The summed E-state index contributed by atoms with van der Waals surface area (Å²) in [5.74, 6) is -0.482. The van der Waals surface area contributed by atoms with Crippen LogP contribution in [-0.4, -0.2) is 43.6 Å². The van der Waals surface area contributed by atoms with Crippen LogP contribution >= 0.6 is 11.8 Å². The number of thioether (sulfide) groups is 1. The summed E-state index contributed by atoms with van der Waals surface area (Å²) in [5, 5.41) is 1.84. The molecule has 1 aromatic carbocycles. The number of fused-ring (bicyclic) bond motifs is 2. The Hall–Kier alpha value is -2.98. The van der Waals surface area contributed by atoms with E-state index in [1.165, 1.54) is 10.6 Å². The predicted molar refractivity (Wildman–Crippen MR) is 120 cm³/mol. The highest BCUT2D eigenvalue weighted by atomic mass is 32.2. The Balaban J connectivity index is 1.41. The SMILES string of the molecule is CS(=O)(=O)N1CCc2ccc(CC3C=Nc4ccc(/C=C5\SC(=O)NC5=O)nc43)cc21. The maximum Gasteiger partial charge on any atom is 0.290 e. The van der Waals surface area contributed by atoms with E-state index in [1.54, 1.807) is 12.1 Å². The Labute approximate surface area is 183 Å². The van der Waals surface area contributed by atoms with Crippen LogP contribution in [0.15, 0.2) is 40.2 Å². The van der Waals surface area contributed by atoms with Crippen LogP contribution in [0, 0.1) is 0 Å². The molecule has 1 atom stereocenters. The van der Waals surface area contributed by atoms with Gasteiger partial charge in [-0.25, -0.2) is 8.42 Å². The lowest BCUT2D eigenvalue weighted by molar-refractivity contribution is -0.115. The van der Waals surface area contributed by atoms with Crippen molar-refractivity contribution >= 4 is 56.6 Å². The molecule has 0 radical (unpaired) electrons. The molecule has 10 heteroatoms. The average Bonchev–Trinajstić information content (AvgIpc) is 3.39. The quantitative estimate of drug-likeness (QED) is 0.712. The van der Waals surface area contributed by atoms with E-state index in [9.17, 15) is 18.0 Å². The monoisotopic (exact) mass is 454 g/mol. The highest BCUT2D eigenvalue weighted by Gasteiger charge is 2.28. The summed E-state index contributed by atoms with van der Waals surface area (Å²) in [6, 6.07) is 9.56. The van der Waals surface area contributed by atoms with E-state index in [0.29, 0.717) is 30.0 Å². The first-order chi connectivity index (χ1) is 14.8. The van der Waals surface area contributed by atoms with Gasteiger partial charge in [-0.15, -0.1) is 0 Å². The third-order valence-corrected chi connectivity index (χ3v) is 7.44. The number of aliphatic imine (C=N–C) groups is 1. The van der Waals surface area contributed by atoms with Gasteiger partial charge < -0.3 is 0 Å². The maximum absolute atomic E-state index is 12.1. The van der Waals surface area contributed by atoms with Crippen LogP contribution < -0.4 is 9.62 Å². The Morgan fingerprint density at radius 1 is 1.26 bits per heavy atom. The Kier molecular flexibility index (Phi) is 4.71. The molecule has 1 fully saturated rings. The van der Waals surface area contributed by atoms with Gasteiger partial charge in [0.1, 0.15) is 0 Å². The molecule has 3 aliphatic rings. The van der Waals surface area contributed by atoms with Gasteiger partial charge >= 0.3 is 0 Å². The fraction of sp³-hybridized carbons (Fsp3) is 0.238. The lowest BCUT2D eigenvalue weighted by Crippen LogP contribution is -2.27. The van der Waals surface area contributed by atoms with Gasteiger partial charge in [0.15, 0.2) is 0 Å². The molecule has 2 amide bonds. The van der Waals surface area contributed by atoms with E-state index in [1.807, 2.05) is 30.5 Å². The topological polar surface area (TPSA) is 109 Å². The van der Waals surface area contributed by atoms with Crippen LogP contribution in [0.2, 0.25) is 0 Å². The van der Waals surface area contributed by atoms with Gasteiger partial charge in [-0.3, -0.25) is 29.2 Å². The second-order valence-electron chi connectivity index (χ2n) is 7.63. The van der Waals surface area contributed by atoms with Crippen LogP contribution in [0.3, 0.4) is 0 Å². The largest absolute Gasteiger partial charge is 0.290 e. The van der Waals surface area contributed by atoms with E-state index >= 15 is 0 Å². The van der Waals surface area contributed by atoms with Crippen molar-refractivity contribution in [2.45, 2.75) is 18.8 Å². The number of pyridine rings is 1. The summed E-state index contributed by atoms with van der Waals surface area (Å²) in [6.07, 6.45) is 6.01. The summed E-state index contributed by atoms with van der Waals surface area (Å²) in [5.41, 5.74) is 4.92. The minimum absolute atomic E-state index is 0.0637. The second kappa shape index (κ2) is 7.31. The van der Waals surface area contributed by atoms with Crippen molar-refractivity contribution in [1.29, 1.82) is 0 Å². The number of hydrogen-bond donors (Lipinski definition) is 1. The first kappa shape index (κ1) is 20.0. The normalized spacial score (nSPS) is 21.0. The minimum atomic E-state index is -3.30. The van der Waals surface area contributed by atoms with Crippen LogP contribution in [-0.2, 0) is 27.7 Å². The number of nitrogens with zero attached hydrogens (tertiary/aromatic N) is 3. The van der Waals surface area contributed by atoms with Crippen molar-refractivity contribution in [1.82, 2.24) is 10.3 Å². The lowest BCUT2D eigenvalue weighted by Gasteiger charge is -2.17. The minimum Gasteiger partial charge on any atom is -0.282 e. The third kappa shape index (κ3) is 3.77. The molecular formula is C21H18N4O4S2. The number of carbonyl (C=O) groups excluding carboxylic acids is 2. The molecule has 5 rings (SSSR count). The average molecular weight is 455 g/mol. The first-order valence-electron chi connectivity index (χ1n) is 9.67. The molecule has 8 nitrogen and oxygen atoms in total. The number of nitrogens with one attached hydrogen (secondary N) is 1. The fourth-order valence-electron chi connectivity index (χ4n) is 4.01. The summed E-state index contributed by atoms with van der Waals surface area (Å²) in [6.45, 7) is 0.471. The summed E-state index contributed by atoms with van der Waals surface area (Å²) < 4.78 is 25.6. The third-order valence-electron chi connectivity index (χ3n) is 5.45. The van der Waals surface area contributed by atoms with Gasteiger partial charge in [-0.1, -0.05) is 12.1 Å². The molecule has 0 saturated carbocycles. The fourth-order valence-corrected chi connectivity index (χ4v) is 5.63. The number of rotatable bonds is 4. The van der Waals surface area contributed by atoms with Gasteiger partial charge in [-0.05, 0) is 60.0 Å². The molecule has 0 spiro atoms. The second-order valence-corrected chi connectivity index (χ2v) is 10.6. The Morgan fingerprint density at radius 3 is 2.84 bits per heavy atom. The molecule has 2 aromatic rings. The highest BCUT2D eigenvalue weighted by Crippen LogP contribution is 2.36. The van der Waals surface area contributed by atoms with Gasteiger partial charge in [0, 0.05) is 18.7 Å². The molecule has 1 N–H and O–H groups in total.